The largest absolute Gasteiger partial charge is 1.00 e. The molecule has 1 aliphatic rings. The van der Waals surface area contributed by atoms with Crippen LogP contribution in [0, 0.1) is 0 Å². The van der Waals surface area contributed by atoms with E-state index in [0.717, 1.165) is 54.9 Å². The van der Waals surface area contributed by atoms with Gasteiger partial charge in [-0.25, -0.2) is 0 Å². The van der Waals surface area contributed by atoms with Crippen LogP contribution in [-0.2, 0) is 4.74 Å². The minimum absolute atomic E-state index is 0. The van der Waals surface area contributed by atoms with Gasteiger partial charge in [0.2, 0.25) is 0 Å². The van der Waals surface area contributed by atoms with Gasteiger partial charge in [0, 0.05) is 64.7 Å². The van der Waals surface area contributed by atoms with Crippen molar-refractivity contribution in [2.24, 2.45) is 10.2 Å². The number of aromatic nitrogens is 2. The van der Waals surface area contributed by atoms with Crippen molar-refractivity contribution < 1.29 is 21.8 Å². The van der Waals surface area contributed by atoms with Crippen LogP contribution >= 0.6 is 0 Å². The Bertz CT molecular complexity index is 1100. The average molecular weight is 508 g/mol. The zero-order valence-electron chi connectivity index (χ0n) is 21.3. The molecule has 1 aromatic heterocycles. The van der Waals surface area contributed by atoms with Gasteiger partial charge in [0.1, 0.15) is 0 Å². The van der Waals surface area contributed by atoms with Gasteiger partial charge in [0.25, 0.3) is 0 Å². The highest BCUT2D eigenvalue weighted by atomic mass is 35.5. The number of amidine groups is 2. The second-order valence-corrected chi connectivity index (χ2v) is 8.68. The minimum atomic E-state index is 0. The lowest BCUT2D eigenvalue weighted by molar-refractivity contribution is -0.680. The van der Waals surface area contributed by atoms with Gasteiger partial charge in [-0.05, 0) is 0 Å². The average Bonchev–Trinajstić information content (AvgIpc) is 3.26. The van der Waals surface area contributed by atoms with Crippen LogP contribution in [0.15, 0.2) is 89.5 Å². The monoisotopic (exact) mass is 507 g/mol. The van der Waals surface area contributed by atoms with Crippen molar-refractivity contribution in [3.8, 4) is 0 Å². The Morgan fingerprint density at radius 3 is 1.97 bits per heavy atom. The second kappa shape index (κ2) is 12.9. The number of morpholine rings is 1. The van der Waals surface area contributed by atoms with Gasteiger partial charge < -0.3 is 31.8 Å². The Hall–Kier alpha value is -3.62. The van der Waals surface area contributed by atoms with E-state index in [1.165, 1.54) is 0 Å². The number of hydrogen-bond acceptors (Lipinski definition) is 4. The predicted molar refractivity (Wildman–Crippen MR) is 140 cm³/mol. The number of rotatable bonds is 6. The highest BCUT2D eigenvalue weighted by Gasteiger charge is 2.20. The molecular weight excluding hydrogens is 474 g/mol. The Labute approximate surface area is 219 Å². The quantitative estimate of drug-likeness (QED) is 0.259. The fourth-order valence-electron chi connectivity index (χ4n) is 3.79. The predicted octanol–water partition coefficient (Wildman–Crippen LogP) is -0.374. The molecule has 0 atom stereocenters. The van der Waals surface area contributed by atoms with E-state index in [1.54, 1.807) is 0 Å². The maximum atomic E-state index is 5.50. The second-order valence-electron chi connectivity index (χ2n) is 8.68. The SMILES string of the molecule is CN(C)C(=Nn1cc[n+](N=C(c2ccccc2)N(C)C)c1C=CN1CCOCC1)c1ccccc1.[Cl-]. The number of benzene rings is 2. The first kappa shape index (κ1) is 27.0. The molecule has 0 saturated carbocycles. The van der Waals surface area contributed by atoms with Crippen LogP contribution in [0.2, 0.25) is 0 Å². The van der Waals surface area contributed by atoms with Crippen LogP contribution in [0.1, 0.15) is 17.0 Å². The summed E-state index contributed by atoms with van der Waals surface area (Å²) in [6, 6.07) is 20.4. The van der Waals surface area contributed by atoms with Gasteiger partial charge in [-0.3, -0.25) is 0 Å². The molecular formula is C27H34ClN7O. The third-order valence-electron chi connectivity index (χ3n) is 5.61. The van der Waals surface area contributed by atoms with Gasteiger partial charge in [-0.1, -0.05) is 80.2 Å². The van der Waals surface area contributed by atoms with Gasteiger partial charge in [0.15, 0.2) is 24.1 Å². The Morgan fingerprint density at radius 2 is 1.42 bits per heavy atom. The van der Waals surface area contributed by atoms with Crippen LogP contribution in [0.25, 0.3) is 6.08 Å². The standard InChI is InChI=1S/C27H34N7O.ClH/c1-30(2)26(23-11-7-5-8-12-23)28-33-17-18-34(25(33)15-16-32-19-21-35-22-20-32)29-27(31(3)4)24-13-9-6-10-14-24;/h5-18H,19-22H2,1-4H3;1H/q+1;/p-1. The topological polar surface area (TPSA) is 52.5 Å². The van der Waals surface area contributed by atoms with E-state index >= 15 is 0 Å². The molecule has 1 saturated heterocycles. The van der Waals surface area contributed by atoms with E-state index in [0.29, 0.717) is 0 Å². The van der Waals surface area contributed by atoms with Gasteiger partial charge >= 0.3 is 5.82 Å². The first-order valence-corrected chi connectivity index (χ1v) is 11.8. The summed E-state index contributed by atoms with van der Waals surface area (Å²) in [6.45, 7) is 3.20. The zero-order valence-corrected chi connectivity index (χ0v) is 22.1. The van der Waals surface area contributed by atoms with Crippen molar-refractivity contribution in [2.75, 3.05) is 54.5 Å². The normalized spacial score (nSPS) is 14.6. The van der Waals surface area contributed by atoms with E-state index in [1.807, 2.05) is 96.1 Å². The summed E-state index contributed by atoms with van der Waals surface area (Å²) in [6.07, 6.45) is 8.04. The van der Waals surface area contributed by atoms with Crippen molar-refractivity contribution in [3.05, 3.63) is 96.2 Å². The molecule has 3 aromatic rings. The number of hydrogen-bond donors (Lipinski definition) is 0. The summed E-state index contributed by atoms with van der Waals surface area (Å²) in [4.78, 5) is 6.30. The number of ether oxygens (including phenoxy) is 1. The number of nitrogens with zero attached hydrogens (tertiary/aromatic N) is 7. The minimum Gasteiger partial charge on any atom is -1.00 e. The van der Waals surface area contributed by atoms with Gasteiger partial charge in [-0.15, -0.1) is 0 Å². The fraction of sp³-hybridized carbons (Fsp3) is 0.296. The summed E-state index contributed by atoms with van der Waals surface area (Å²) in [5.41, 5.74) is 2.09. The summed E-state index contributed by atoms with van der Waals surface area (Å²) < 4.78 is 9.25. The number of imidazole rings is 1. The maximum absolute atomic E-state index is 5.50. The van der Waals surface area contributed by atoms with E-state index in [4.69, 9.17) is 14.9 Å². The van der Waals surface area contributed by atoms with Crippen LogP contribution in [-0.4, -0.2) is 85.5 Å². The molecule has 8 nitrogen and oxygen atoms in total. The molecule has 1 aliphatic heterocycles. The smallest absolute Gasteiger partial charge is 0.334 e. The van der Waals surface area contributed by atoms with Crippen LogP contribution in [0.5, 0.6) is 0 Å². The molecule has 0 unspecified atom stereocenters. The first-order chi connectivity index (χ1) is 17.0. The maximum Gasteiger partial charge on any atom is 0.334 e. The Kier molecular flexibility index (Phi) is 9.67. The summed E-state index contributed by atoms with van der Waals surface area (Å²) >= 11 is 0. The zero-order chi connectivity index (χ0) is 24.6. The Morgan fingerprint density at radius 1 is 0.861 bits per heavy atom. The highest BCUT2D eigenvalue weighted by molar-refractivity contribution is 5.98. The molecule has 1 fully saturated rings. The lowest BCUT2D eigenvalue weighted by Gasteiger charge is -2.24. The van der Waals surface area contributed by atoms with Crippen molar-refractivity contribution in [2.45, 2.75) is 0 Å². The van der Waals surface area contributed by atoms with E-state index in [9.17, 15) is 0 Å². The van der Waals surface area contributed by atoms with E-state index < -0.39 is 0 Å². The van der Waals surface area contributed by atoms with Gasteiger partial charge in [-0.2, -0.15) is 0 Å². The molecule has 190 valence electrons. The molecule has 9 heteroatoms. The van der Waals surface area contributed by atoms with E-state index in [2.05, 4.69) is 41.4 Å². The van der Waals surface area contributed by atoms with Crippen LogP contribution in [0.3, 0.4) is 0 Å². The molecule has 0 spiro atoms. The van der Waals surface area contributed by atoms with Crippen molar-refractivity contribution in [1.82, 2.24) is 19.4 Å². The van der Waals surface area contributed by atoms with Crippen molar-refractivity contribution in [3.63, 3.8) is 0 Å². The Balaban J connectivity index is 0.00000361. The molecule has 0 N–H and O–H groups in total. The molecule has 4 rings (SSSR count). The highest BCUT2D eigenvalue weighted by Crippen LogP contribution is 2.09. The van der Waals surface area contributed by atoms with Crippen LogP contribution in [0.4, 0.5) is 0 Å². The summed E-state index contributed by atoms with van der Waals surface area (Å²) in [7, 11) is 8.02. The summed E-state index contributed by atoms with van der Waals surface area (Å²) in [5, 5.41) is 10.00. The van der Waals surface area contributed by atoms with Crippen LogP contribution < -0.4 is 17.1 Å². The lowest BCUT2D eigenvalue weighted by Crippen LogP contribution is -3.00. The number of halogens is 1. The summed E-state index contributed by atoms with van der Waals surface area (Å²) in [5.74, 6) is 2.55. The van der Waals surface area contributed by atoms with Crippen molar-refractivity contribution >= 4 is 17.7 Å². The molecule has 36 heavy (non-hydrogen) atoms. The van der Waals surface area contributed by atoms with Gasteiger partial charge in [0.05, 0.1) is 13.2 Å². The molecule has 0 radical (unpaired) electrons. The van der Waals surface area contributed by atoms with Crippen molar-refractivity contribution in [1.29, 1.82) is 0 Å². The molecule has 2 aromatic carbocycles. The molecule has 2 heterocycles. The van der Waals surface area contributed by atoms with E-state index in [-0.39, 0.29) is 12.4 Å². The lowest BCUT2D eigenvalue weighted by atomic mass is 10.2. The third-order valence-corrected chi connectivity index (χ3v) is 5.61. The fourth-order valence-corrected chi connectivity index (χ4v) is 3.79. The molecule has 0 amide bonds. The first-order valence-electron chi connectivity index (χ1n) is 11.8. The molecule has 0 aliphatic carbocycles. The third kappa shape index (κ3) is 6.74. The molecule has 0 bridgehead atoms.